The second kappa shape index (κ2) is 6.97. The van der Waals surface area contributed by atoms with Crippen molar-refractivity contribution < 1.29 is 24.5 Å². The van der Waals surface area contributed by atoms with E-state index in [1.54, 1.807) is 32.9 Å². The molecule has 1 aromatic rings. The van der Waals surface area contributed by atoms with Crippen molar-refractivity contribution in [3.05, 3.63) is 23.8 Å². The van der Waals surface area contributed by atoms with Crippen LogP contribution < -0.4 is 5.32 Å². The van der Waals surface area contributed by atoms with Crippen LogP contribution in [-0.2, 0) is 16.0 Å². The summed E-state index contributed by atoms with van der Waals surface area (Å²) in [6, 6.07) is 4.63. The summed E-state index contributed by atoms with van der Waals surface area (Å²) in [6.07, 6.45) is 0.286. The number of hydrogen-bond donors (Lipinski definition) is 3. The number of anilines is 1. The fourth-order valence-corrected chi connectivity index (χ4v) is 1.72. The predicted molar refractivity (Wildman–Crippen MR) is 78.5 cm³/mol. The molecule has 0 heterocycles. The van der Waals surface area contributed by atoms with E-state index in [9.17, 15) is 14.7 Å². The maximum atomic E-state index is 11.7. The average molecular weight is 295 g/mol. The Morgan fingerprint density at radius 2 is 1.95 bits per heavy atom. The summed E-state index contributed by atoms with van der Waals surface area (Å²) in [5, 5.41) is 20.9. The number of carboxylic acid groups (broad SMARTS) is 1. The van der Waals surface area contributed by atoms with Gasteiger partial charge in [0.25, 0.3) is 0 Å². The summed E-state index contributed by atoms with van der Waals surface area (Å²) >= 11 is 0. The van der Waals surface area contributed by atoms with E-state index in [4.69, 9.17) is 9.84 Å². The maximum Gasteiger partial charge on any atom is 0.412 e. The number of nitrogens with one attached hydrogen (secondary N) is 1. The van der Waals surface area contributed by atoms with Gasteiger partial charge in [0.2, 0.25) is 0 Å². The van der Waals surface area contributed by atoms with E-state index in [2.05, 4.69) is 5.32 Å². The van der Waals surface area contributed by atoms with Gasteiger partial charge < -0.3 is 14.9 Å². The second-order valence-corrected chi connectivity index (χ2v) is 5.72. The van der Waals surface area contributed by atoms with Gasteiger partial charge in [-0.05, 0) is 57.4 Å². The number of hydrogen-bond acceptors (Lipinski definition) is 4. The smallest absolute Gasteiger partial charge is 0.412 e. The molecule has 0 radical (unpaired) electrons. The number of aliphatic carboxylic acids is 1. The van der Waals surface area contributed by atoms with Gasteiger partial charge >= 0.3 is 12.1 Å². The molecule has 1 aromatic carbocycles. The number of benzene rings is 1. The van der Waals surface area contributed by atoms with Crippen molar-refractivity contribution in [3.8, 4) is 5.75 Å². The molecule has 0 spiro atoms. The lowest BCUT2D eigenvalue weighted by atomic mass is 10.1. The zero-order valence-corrected chi connectivity index (χ0v) is 12.5. The molecular formula is C15H21NO5. The Morgan fingerprint density at radius 3 is 2.52 bits per heavy atom. The van der Waals surface area contributed by atoms with Crippen LogP contribution in [-0.4, -0.2) is 27.9 Å². The number of aromatic hydroxyl groups is 1. The van der Waals surface area contributed by atoms with Gasteiger partial charge in [0.1, 0.15) is 11.4 Å². The predicted octanol–water partition coefficient (Wildman–Crippen LogP) is 3.15. The first-order chi connectivity index (χ1) is 9.67. The minimum Gasteiger partial charge on any atom is -0.508 e. The molecule has 1 amide bonds. The number of phenols is 1. The van der Waals surface area contributed by atoms with Crippen molar-refractivity contribution in [1.29, 1.82) is 0 Å². The third kappa shape index (κ3) is 6.65. The van der Waals surface area contributed by atoms with Crippen molar-refractivity contribution in [2.45, 2.75) is 45.6 Å². The van der Waals surface area contributed by atoms with E-state index in [0.717, 1.165) is 0 Å². The van der Waals surface area contributed by atoms with Crippen LogP contribution in [0.25, 0.3) is 0 Å². The molecule has 6 nitrogen and oxygen atoms in total. The zero-order valence-electron chi connectivity index (χ0n) is 12.5. The third-order valence-electron chi connectivity index (χ3n) is 2.56. The number of amides is 1. The van der Waals surface area contributed by atoms with Gasteiger partial charge in [0.15, 0.2) is 0 Å². The van der Waals surface area contributed by atoms with Crippen molar-refractivity contribution in [2.24, 2.45) is 0 Å². The topological polar surface area (TPSA) is 95.9 Å². The van der Waals surface area contributed by atoms with Crippen LogP contribution in [0.4, 0.5) is 10.5 Å². The summed E-state index contributed by atoms with van der Waals surface area (Å²) in [5.41, 5.74) is 0.489. The van der Waals surface area contributed by atoms with Crippen molar-refractivity contribution in [1.82, 2.24) is 0 Å². The highest BCUT2D eigenvalue weighted by molar-refractivity contribution is 5.85. The van der Waals surface area contributed by atoms with Crippen molar-refractivity contribution >= 4 is 17.7 Å². The third-order valence-corrected chi connectivity index (χ3v) is 2.56. The molecule has 0 atom stereocenters. The van der Waals surface area contributed by atoms with Gasteiger partial charge in [-0.3, -0.25) is 10.1 Å². The first-order valence-electron chi connectivity index (χ1n) is 6.71. The van der Waals surface area contributed by atoms with Gasteiger partial charge in [-0.15, -0.1) is 0 Å². The Labute approximate surface area is 123 Å². The number of phenolic OH excluding ortho intramolecular Hbond substituents is 1. The van der Waals surface area contributed by atoms with E-state index in [-0.39, 0.29) is 12.2 Å². The molecule has 0 aliphatic rings. The molecule has 0 bridgehead atoms. The SMILES string of the molecule is CC(C)(C)OC(=O)Nc1ccc(O)c(CCCC(=O)O)c1. The van der Waals surface area contributed by atoms with E-state index in [1.165, 1.54) is 6.07 Å². The standard InChI is InChI=1S/C15H21NO5/c1-15(2,3)21-14(20)16-11-7-8-12(17)10(9-11)5-4-6-13(18)19/h7-9,17H,4-6H2,1-3H3,(H,16,20)(H,18,19). The summed E-state index contributed by atoms with van der Waals surface area (Å²) < 4.78 is 5.13. The Morgan fingerprint density at radius 1 is 1.29 bits per heavy atom. The van der Waals surface area contributed by atoms with Crippen LogP contribution in [0.2, 0.25) is 0 Å². The number of rotatable bonds is 5. The van der Waals surface area contributed by atoms with Crippen LogP contribution in [0.15, 0.2) is 18.2 Å². The lowest BCUT2D eigenvalue weighted by Gasteiger charge is -2.20. The maximum absolute atomic E-state index is 11.7. The normalized spacial score (nSPS) is 11.0. The minimum absolute atomic E-state index is 0.0309. The summed E-state index contributed by atoms with van der Waals surface area (Å²) in [5.74, 6) is -0.798. The van der Waals surface area contributed by atoms with Crippen LogP contribution >= 0.6 is 0 Å². The molecule has 0 aliphatic carbocycles. The van der Waals surface area contributed by atoms with Gasteiger partial charge in [-0.25, -0.2) is 4.79 Å². The number of aryl methyl sites for hydroxylation is 1. The van der Waals surface area contributed by atoms with Crippen molar-refractivity contribution in [3.63, 3.8) is 0 Å². The van der Waals surface area contributed by atoms with Crippen molar-refractivity contribution in [2.75, 3.05) is 5.32 Å². The Hall–Kier alpha value is -2.24. The number of carbonyl (C=O) groups is 2. The quantitative estimate of drug-likeness (QED) is 0.725. The van der Waals surface area contributed by atoms with Gasteiger partial charge in [-0.1, -0.05) is 0 Å². The Kier molecular flexibility index (Phi) is 5.58. The highest BCUT2D eigenvalue weighted by atomic mass is 16.6. The number of ether oxygens (including phenoxy) is 1. The van der Waals surface area contributed by atoms with E-state index >= 15 is 0 Å². The number of carbonyl (C=O) groups excluding carboxylic acids is 1. The summed E-state index contributed by atoms with van der Waals surface area (Å²) in [7, 11) is 0. The summed E-state index contributed by atoms with van der Waals surface area (Å²) in [4.78, 5) is 22.1. The molecule has 21 heavy (non-hydrogen) atoms. The van der Waals surface area contributed by atoms with Crippen LogP contribution in [0.5, 0.6) is 5.75 Å². The van der Waals surface area contributed by atoms with Crippen LogP contribution in [0, 0.1) is 0 Å². The largest absolute Gasteiger partial charge is 0.508 e. The van der Waals surface area contributed by atoms with E-state index in [0.29, 0.717) is 24.1 Å². The molecule has 116 valence electrons. The molecule has 0 saturated heterocycles. The Bertz CT molecular complexity index is 519. The highest BCUT2D eigenvalue weighted by Crippen LogP contribution is 2.23. The summed E-state index contributed by atoms with van der Waals surface area (Å²) in [6.45, 7) is 5.29. The highest BCUT2D eigenvalue weighted by Gasteiger charge is 2.16. The zero-order chi connectivity index (χ0) is 16.0. The Balaban J connectivity index is 2.68. The molecule has 0 saturated carbocycles. The van der Waals surface area contributed by atoms with Gasteiger partial charge in [0.05, 0.1) is 0 Å². The fourth-order valence-electron chi connectivity index (χ4n) is 1.72. The lowest BCUT2D eigenvalue weighted by Crippen LogP contribution is -2.27. The molecule has 0 aliphatic heterocycles. The molecule has 0 aromatic heterocycles. The molecule has 1 rings (SSSR count). The molecular weight excluding hydrogens is 274 g/mol. The van der Waals surface area contributed by atoms with Gasteiger partial charge in [0, 0.05) is 12.1 Å². The lowest BCUT2D eigenvalue weighted by molar-refractivity contribution is -0.137. The van der Waals surface area contributed by atoms with E-state index in [1.807, 2.05) is 0 Å². The second-order valence-electron chi connectivity index (χ2n) is 5.72. The number of carboxylic acids is 1. The molecule has 0 unspecified atom stereocenters. The van der Waals surface area contributed by atoms with Gasteiger partial charge in [-0.2, -0.15) is 0 Å². The average Bonchev–Trinajstić information content (AvgIpc) is 2.30. The fraction of sp³-hybridized carbons (Fsp3) is 0.467. The molecule has 0 fully saturated rings. The van der Waals surface area contributed by atoms with E-state index < -0.39 is 17.7 Å². The van der Waals surface area contributed by atoms with Crippen LogP contribution in [0.3, 0.4) is 0 Å². The molecule has 6 heteroatoms. The van der Waals surface area contributed by atoms with Crippen LogP contribution in [0.1, 0.15) is 39.2 Å². The monoisotopic (exact) mass is 295 g/mol. The minimum atomic E-state index is -0.877. The molecule has 3 N–H and O–H groups in total. The first-order valence-corrected chi connectivity index (χ1v) is 6.71. The first kappa shape index (κ1) is 16.8.